The van der Waals surface area contributed by atoms with Gasteiger partial charge in [-0.1, -0.05) is 0 Å². The SMILES string of the molecule is CNCCc1c(-c2cc[nH]c2)c(C)nn1C. The highest BCUT2D eigenvalue weighted by Crippen LogP contribution is 2.26. The van der Waals surface area contributed by atoms with Gasteiger partial charge in [-0.2, -0.15) is 5.10 Å². The van der Waals surface area contributed by atoms with E-state index in [1.807, 2.05) is 31.2 Å². The molecule has 0 aliphatic carbocycles. The molecule has 0 saturated heterocycles. The van der Waals surface area contributed by atoms with E-state index in [1.165, 1.54) is 16.8 Å². The number of nitrogens with one attached hydrogen (secondary N) is 2. The molecule has 0 bridgehead atoms. The topological polar surface area (TPSA) is 45.6 Å². The van der Waals surface area contributed by atoms with Crippen molar-refractivity contribution in [3.05, 3.63) is 29.8 Å². The van der Waals surface area contributed by atoms with Crippen LogP contribution in [0.1, 0.15) is 11.4 Å². The number of hydrogen-bond acceptors (Lipinski definition) is 2. The van der Waals surface area contributed by atoms with Gasteiger partial charge in [0.05, 0.1) is 5.69 Å². The summed E-state index contributed by atoms with van der Waals surface area (Å²) in [6, 6.07) is 2.09. The zero-order valence-corrected chi connectivity index (χ0v) is 10.0. The van der Waals surface area contributed by atoms with E-state index in [0.29, 0.717) is 0 Å². The van der Waals surface area contributed by atoms with Crippen LogP contribution in [0, 0.1) is 6.92 Å². The number of rotatable bonds is 4. The maximum atomic E-state index is 4.49. The first-order chi connectivity index (χ1) is 7.74. The molecule has 2 heterocycles. The molecular weight excluding hydrogens is 200 g/mol. The van der Waals surface area contributed by atoms with Crippen molar-refractivity contribution in [2.24, 2.45) is 7.05 Å². The second kappa shape index (κ2) is 4.53. The van der Waals surface area contributed by atoms with Gasteiger partial charge in [-0.15, -0.1) is 0 Å². The molecule has 2 aromatic rings. The molecule has 0 saturated carbocycles. The van der Waals surface area contributed by atoms with Crippen LogP contribution in [0.5, 0.6) is 0 Å². The van der Waals surface area contributed by atoms with Gasteiger partial charge >= 0.3 is 0 Å². The van der Waals surface area contributed by atoms with Gasteiger partial charge in [0.25, 0.3) is 0 Å². The van der Waals surface area contributed by atoms with Crippen LogP contribution in [0.25, 0.3) is 11.1 Å². The van der Waals surface area contributed by atoms with Gasteiger partial charge < -0.3 is 10.3 Å². The van der Waals surface area contributed by atoms with Gasteiger partial charge in [0, 0.05) is 49.2 Å². The molecule has 0 spiro atoms. The number of aryl methyl sites for hydroxylation is 2. The highest BCUT2D eigenvalue weighted by Gasteiger charge is 2.14. The summed E-state index contributed by atoms with van der Waals surface area (Å²) in [4.78, 5) is 3.10. The molecule has 4 heteroatoms. The molecule has 0 atom stereocenters. The monoisotopic (exact) mass is 218 g/mol. The molecule has 0 aliphatic heterocycles. The molecule has 2 aromatic heterocycles. The first kappa shape index (κ1) is 11.0. The Kier molecular flexibility index (Phi) is 3.10. The van der Waals surface area contributed by atoms with Crippen molar-refractivity contribution < 1.29 is 0 Å². The summed E-state index contributed by atoms with van der Waals surface area (Å²) in [5.41, 5.74) is 4.86. The maximum absolute atomic E-state index is 4.49. The van der Waals surface area contributed by atoms with Gasteiger partial charge in [-0.25, -0.2) is 0 Å². The molecule has 86 valence electrons. The molecule has 0 aliphatic rings. The fourth-order valence-corrected chi connectivity index (χ4v) is 2.09. The van der Waals surface area contributed by atoms with Crippen molar-refractivity contribution in [3.63, 3.8) is 0 Å². The molecule has 16 heavy (non-hydrogen) atoms. The Bertz CT molecular complexity index is 454. The second-order valence-corrected chi connectivity index (χ2v) is 3.98. The fourth-order valence-electron chi connectivity index (χ4n) is 2.09. The molecule has 0 amide bonds. The lowest BCUT2D eigenvalue weighted by Gasteiger charge is -2.05. The highest BCUT2D eigenvalue weighted by atomic mass is 15.3. The molecule has 2 N–H and O–H groups in total. The molecule has 2 rings (SSSR count). The van der Waals surface area contributed by atoms with E-state index in [-0.39, 0.29) is 0 Å². The standard InChI is InChI=1S/C12H18N4/c1-9-12(10-4-7-14-8-10)11(5-6-13-2)16(3)15-9/h4,7-8,13-14H,5-6H2,1-3H3. The van der Waals surface area contributed by atoms with E-state index in [1.54, 1.807) is 0 Å². The lowest BCUT2D eigenvalue weighted by atomic mass is 10.0. The van der Waals surface area contributed by atoms with Crippen molar-refractivity contribution in [2.75, 3.05) is 13.6 Å². The normalized spacial score (nSPS) is 10.9. The first-order valence-electron chi connectivity index (χ1n) is 5.54. The van der Waals surface area contributed by atoms with Crippen LogP contribution < -0.4 is 5.32 Å². The van der Waals surface area contributed by atoms with Crippen molar-refractivity contribution in [2.45, 2.75) is 13.3 Å². The Hall–Kier alpha value is -1.55. The Morgan fingerprint density at radius 3 is 2.94 bits per heavy atom. The van der Waals surface area contributed by atoms with E-state index in [4.69, 9.17) is 0 Å². The molecule has 4 nitrogen and oxygen atoms in total. The summed E-state index contributed by atoms with van der Waals surface area (Å²) in [6.45, 7) is 3.03. The van der Waals surface area contributed by atoms with Gasteiger partial charge in [-0.05, 0) is 20.0 Å². The Morgan fingerprint density at radius 2 is 2.31 bits per heavy atom. The van der Waals surface area contributed by atoms with Crippen LogP contribution in [0.3, 0.4) is 0 Å². The molecule has 0 fully saturated rings. The number of aromatic amines is 1. The number of likely N-dealkylation sites (N-methyl/N-ethyl adjacent to an activating group) is 1. The summed E-state index contributed by atoms with van der Waals surface area (Å²) in [5.74, 6) is 0. The maximum Gasteiger partial charge on any atom is 0.0675 e. The van der Waals surface area contributed by atoms with Crippen LogP contribution >= 0.6 is 0 Å². The summed E-state index contributed by atoms with van der Waals surface area (Å²) < 4.78 is 1.98. The number of hydrogen-bond donors (Lipinski definition) is 2. The minimum Gasteiger partial charge on any atom is -0.367 e. The zero-order valence-electron chi connectivity index (χ0n) is 10.0. The van der Waals surface area contributed by atoms with E-state index < -0.39 is 0 Å². The fraction of sp³-hybridized carbons (Fsp3) is 0.417. The second-order valence-electron chi connectivity index (χ2n) is 3.98. The smallest absolute Gasteiger partial charge is 0.0675 e. The van der Waals surface area contributed by atoms with Crippen LogP contribution in [0.4, 0.5) is 0 Å². The van der Waals surface area contributed by atoms with E-state index in [0.717, 1.165) is 18.7 Å². The lowest BCUT2D eigenvalue weighted by molar-refractivity contribution is 0.678. The first-order valence-corrected chi connectivity index (χ1v) is 5.54. The van der Waals surface area contributed by atoms with Gasteiger partial charge in [0.2, 0.25) is 0 Å². The molecule has 0 radical (unpaired) electrons. The predicted octanol–water partition coefficient (Wildman–Crippen LogP) is 1.49. The molecule has 0 aromatic carbocycles. The number of H-pyrrole nitrogens is 1. The predicted molar refractivity (Wildman–Crippen MR) is 65.4 cm³/mol. The van der Waals surface area contributed by atoms with Gasteiger partial charge in [0.1, 0.15) is 0 Å². The van der Waals surface area contributed by atoms with Gasteiger partial charge in [0.15, 0.2) is 0 Å². The van der Waals surface area contributed by atoms with Crippen LogP contribution in [0.15, 0.2) is 18.5 Å². The van der Waals surface area contributed by atoms with Crippen molar-refractivity contribution in [1.82, 2.24) is 20.1 Å². The van der Waals surface area contributed by atoms with E-state index in [9.17, 15) is 0 Å². The Labute approximate surface area is 95.7 Å². The summed E-state index contributed by atoms with van der Waals surface area (Å²) in [5, 5.41) is 7.67. The molecular formula is C12H18N4. The Balaban J connectivity index is 2.42. The van der Waals surface area contributed by atoms with Crippen LogP contribution in [-0.4, -0.2) is 28.4 Å². The number of aromatic nitrogens is 3. The third kappa shape index (κ3) is 1.88. The average molecular weight is 218 g/mol. The van der Waals surface area contributed by atoms with Gasteiger partial charge in [-0.3, -0.25) is 4.68 Å². The summed E-state index contributed by atoms with van der Waals surface area (Å²) in [6.07, 6.45) is 4.96. The van der Waals surface area contributed by atoms with E-state index >= 15 is 0 Å². The summed E-state index contributed by atoms with van der Waals surface area (Å²) in [7, 11) is 3.98. The average Bonchev–Trinajstić information content (AvgIpc) is 2.83. The Morgan fingerprint density at radius 1 is 1.50 bits per heavy atom. The molecule has 0 unspecified atom stereocenters. The van der Waals surface area contributed by atoms with Crippen LogP contribution in [0.2, 0.25) is 0 Å². The highest BCUT2D eigenvalue weighted by molar-refractivity contribution is 5.68. The quantitative estimate of drug-likeness (QED) is 0.816. The third-order valence-electron chi connectivity index (χ3n) is 2.84. The van der Waals surface area contributed by atoms with Crippen LogP contribution in [-0.2, 0) is 13.5 Å². The minimum atomic E-state index is 0.969. The third-order valence-corrected chi connectivity index (χ3v) is 2.84. The number of nitrogens with zero attached hydrogens (tertiary/aromatic N) is 2. The summed E-state index contributed by atoms with van der Waals surface area (Å²) >= 11 is 0. The van der Waals surface area contributed by atoms with Crippen molar-refractivity contribution >= 4 is 0 Å². The minimum absolute atomic E-state index is 0.969. The zero-order chi connectivity index (χ0) is 11.5. The largest absolute Gasteiger partial charge is 0.367 e. The van der Waals surface area contributed by atoms with Crippen molar-refractivity contribution in [3.8, 4) is 11.1 Å². The lowest BCUT2D eigenvalue weighted by Crippen LogP contribution is -2.13. The van der Waals surface area contributed by atoms with Crippen molar-refractivity contribution in [1.29, 1.82) is 0 Å². The van der Waals surface area contributed by atoms with E-state index in [2.05, 4.69) is 28.4 Å².